The molecule has 0 bridgehead atoms. The fourth-order valence-electron chi connectivity index (χ4n) is 2.51. The van der Waals surface area contributed by atoms with Gasteiger partial charge in [-0.2, -0.15) is 8.73 Å². The summed E-state index contributed by atoms with van der Waals surface area (Å²) in [4.78, 5) is 14.3. The average Bonchev–Trinajstić information content (AvgIpc) is 3.07. The lowest BCUT2D eigenvalue weighted by Gasteiger charge is -2.15. The Bertz CT molecular complexity index is 596. The summed E-state index contributed by atoms with van der Waals surface area (Å²) in [5.41, 5.74) is 2.33. The minimum atomic E-state index is 0.00209. The average molecular weight is 291 g/mol. The highest BCUT2D eigenvalue weighted by atomic mass is 32.1. The van der Waals surface area contributed by atoms with Gasteiger partial charge in [0.2, 0.25) is 5.91 Å². The van der Waals surface area contributed by atoms with Crippen LogP contribution in [0.3, 0.4) is 0 Å². The van der Waals surface area contributed by atoms with Gasteiger partial charge in [-0.1, -0.05) is 6.07 Å². The summed E-state index contributed by atoms with van der Waals surface area (Å²) < 4.78 is 8.39. The summed E-state index contributed by atoms with van der Waals surface area (Å²) in [6, 6.07) is 6.13. The highest BCUT2D eigenvalue weighted by Gasteiger charge is 2.23. The summed E-state index contributed by atoms with van der Waals surface area (Å²) in [5.74, 6) is 0.00209. The van der Waals surface area contributed by atoms with Crippen molar-refractivity contribution >= 4 is 34.3 Å². The van der Waals surface area contributed by atoms with Gasteiger partial charge in [-0.05, 0) is 25.6 Å². The quantitative estimate of drug-likeness (QED) is 0.900. The van der Waals surface area contributed by atoms with Crippen molar-refractivity contribution in [2.24, 2.45) is 8.73 Å². The van der Waals surface area contributed by atoms with E-state index >= 15 is 0 Å². The molecule has 2 N–H and O–H groups in total. The molecule has 1 fully saturated rings. The summed E-state index contributed by atoms with van der Waals surface area (Å²) in [5, 5.41) is 6.18. The van der Waals surface area contributed by atoms with Crippen LogP contribution in [0, 0.1) is 0 Å². The van der Waals surface area contributed by atoms with Gasteiger partial charge in [-0.15, -0.1) is 0 Å². The SMILES string of the molecule is CNC1CCN(CC(=O)Nc2cccc3c2N=S=N3)C1. The first-order chi connectivity index (χ1) is 9.76. The topological polar surface area (TPSA) is 69.1 Å². The van der Waals surface area contributed by atoms with Gasteiger partial charge in [0, 0.05) is 19.1 Å². The highest BCUT2D eigenvalue weighted by molar-refractivity contribution is 7.58. The molecule has 2 aliphatic heterocycles. The third-order valence-corrected chi connectivity index (χ3v) is 4.15. The summed E-state index contributed by atoms with van der Waals surface area (Å²) >= 11 is 1.16. The Labute approximate surface area is 121 Å². The van der Waals surface area contributed by atoms with Gasteiger partial charge in [0.05, 0.1) is 23.6 Å². The van der Waals surface area contributed by atoms with Crippen molar-refractivity contribution in [3.63, 3.8) is 0 Å². The van der Waals surface area contributed by atoms with Gasteiger partial charge in [0.15, 0.2) is 0 Å². The molecule has 1 aromatic carbocycles. The number of benzene rings is 1. The molecule has 1 amide bonds. The Hall–Kier alpha value is -1.57. The normalized spacial score (nSPS) is 20.8. The summed E-state index contributed by atoms with van der Waals surface area (Å²) in [6.45, 7) is 2.31. The molecule has 1 saturated heterocycles. The fraction of sp³-hybridized carbons (Fsp3) is 0.462. The second-order valence-electron chi connectivity index (χ2n) is 5.00. The summed E-state index contributed by atoms with van der Waals surface area (Å²) in [7, 11) is 1.96. The molecule has 7 heteroatoms. The van der Waals surface area contributed by atoms with Crippen molar-refractivity contribution in [1.82, 2.24) is 10.2 Å². The molecule has 0 saturated carbocycles. The molecule has 106 valence electrons. The van der Waals surface area contributed by atoms with Crippen molar-refractivity contribution in [1.29, 1.82) is 0 Å². The maximum absolute atomic E-state index is 12.1. The number of hydrogen-bond acceptors (Lipinski definition) is 5. The van der Waals surface area contributed by atoms with Gasteiger partial charge in [0.1, 0.15) is 11.4 Å². The number of anilines is 1. The molecule has 0 aliphatic carbocycles. The van der Waals surface area contributed by atoms with E-state index in [1.165, 1.54) is 0 Å². The number of amides is 1. The molecular formula is C13H17N5OS. The van der Waals surface area contributed by atoms with Crippen LogP contribution < -0.4 is 10.6 Å². The standard InChI is InChI=1S/C13H17N5OS/c1-14-9-5-6-18(7-9)8-12(19)15-10-3-2-4-11-13(10)17-20-16-11/h2-4,9,14H,5-8H2,1H3,(H,15,19). The number of fused-ring (bicyclic) bond motifs is 1. The lowest BCUT2D eigenvalue weighted by molar-refractivity contribution is -0.117. The molecule has 1 atom stereocenters. The zero-order valence-corrected chi connectivity index (χ0v) is 12.1. The Morgan fingerprint density at radius 3 is 3.20 bits per heavy atom. The minimum absolute atomic E-state index is 0.00209. The number of carbonyl (C=O) groups is 1. The van der Waals surface area contributed by atoms with Crippen molar-refractivity contribution in [2.75, 3.05) is 32.0 Å². The predicted molar refractivity (Wildman–Crippen MR) is 80.5 cm³/mol. The molecule has 1 unspecified atom stereocenters. The van der Waals surface area contributed by atoms with E-state index < -0.39 is 0 Å². The minimum Gasteiger partial charge on any atom is -0.323 e. The lowest BCUT2D eigenvalue weighted by atomic mass is 10.2. The van der Waals surface area contributed by atoms with E-state index in [0.717, 1.165) is 47.9 Å². The highest BCUT2D eigenvalue weighted by Crippen LogP contribution is 2.38. The Balaban J connectivity index is 1.60. The molecule has 2 aliphatic rings. The first-order valence-corrected chi connectivity index (χ1v) is 7.40. The lowest BCUT2D eigenvalue weighted by Crippen LogP contribution is -2.34. The monoisotopic (exact) mass is 291 g/mol. The van der Waals surface area contributed by atoms with E-state index in [0.29, 0.717) is 12.6 Å². The zero-order valence-electron chi connectivity index (χ0n) is 11.3. The molecule has 0 aromatic heterocycles. The molecule has 0 radical (unpaired) electrons. The Morgan fingerprint density at radius 2 is 2.40 bits per heavy atom. The molecule has 2 heterocycles. The number of nitrogens with one attached hydrogen (secondary N) is 2. The number of likely N-dealkylation sites (N-methyl/N-ethyl adjacent to an activating group) is 1. The Kier molecular flexibility index (Phi) is 3.90. The third-order valence-electron chi connectivity index (χ3n) is 3.61. The van der Waals surface area contributed by atoms with Gasteiger partial charge < -0.3 is 10.6 Å². The molecule has 6 nitrogen and oxygen atoms in total. The largest absolute Gasteiger partial charge is 0.323 e. The second kappa shape index (κ2) is 5.82. The maximum atomic E-state index is 12.1. The van der Waals surface area contributed by atoms with Crippen LogP contribution >= 0.6 is 0 Å². The number of nitrogens with zero attached hydrogens (tertiary/aromatic N) is 3. The van der Waals surface area contributed by atoms with Crippen LogP contribution in [0.2, 0.25) is 0 Å². The Morgan fingerprint density at radius 1 is 1.50 bits per heavy atom. The van der Waals surface area contributed by atoms with E-state index in [1.54, 1.807) is 0 Å². The van der Waals surface area contributed by atoms with Gasteiger partial charge in [0.25, 0.3) is 0 Å². The van der Waals surface area contributed by atoms with Crippen LogP contribution in [0.15, 0.2) is 26.9 Å². The first-order valence-electron chi connectivity index (χ1n) is 6.67. The van der Waals surface area contributed by atoms with E-state index in [2.05, 4.69) is 24.3 Å². The van der Waals surface area contributed by atoms with E-state index in [-0.39, 0.29) is 5.91 Å². The second-order valence-corrected chi connectivity index (χ2v) is 5.52. The number of likely N-dealkylation sites (tertiary alicyclic amines) is 1. The smallest absolute Gasteiger partial charge is 0.238 e. The van der Waals surface area contributed by atoms with Crippen LogP contribution in [0.25, 0.3) is 0 Å². The molecule has 1 aromatic rings. The van der Waals surface area contributed by atoms with Crippen molar-refractivity contribution in [2.45, 2.75) is 12.5 Å². The molecule has 0 spiro atoms. The van der Waals surface area contributed by atoms with Crippen molar-refractivity contribution < 1.29 is 4.79 Å². The van der Waals surface area contributed by atoms with Crippen molar-refractivity contribution in [3.8, 4) is 0 Å². The molecular weight excluding hydrogens is 274 g/mol. The zero-order chi connectivity index (χ0) is 13.9. The van der Waals surface area contributed by atoms with Crippen LogP contribution in [0.5, 0.6) is 0 Å². The van der Waals surface area contributed by atoms with Gasteiger partial charge >= 0.3 is 0 Å². The number of rotatable bonds is 4. The van der Waals surface area contributed by atoms with Crippen molar-refractivity contribution in [3.05, 3.63) is 18.2 Å². The predicted octanol–water partition coefficient (Wildman–Crippen LogP) is 1.65. The first kappa shape index (κ1) is 13.4. The van der Waals surface area contributed by atoms with Crippen LogP contribution in [0.1, 0.15) is 6.42 Å². The van der Waals surface area contributed by atoms with Gasteiger partial charge in [-0.3, -0.25) is 9.69 Å². The third kappa shape index (κ3) is 2.79. The van der Waals surface area contributed by atoms with Crippen LogP contribution in [0.4, 0.5) is 17.1 Å². The fourth-order valence-corrected chi connectivity index (χ4v) is 3.06. The summed E-state index contributed by atoms with van der Waals surface area (Å²) in [6.07, 6.45) is 1.09. The molecule has 20 heavy (non-hydrogen) atoms. The van der Waals surface area contributed by atoms with E-state index in [9.17, 15) is 4.79 Å². The maximum Gasteiger partial charge on any atom is 0.238 e. The number of hydrogen-bond donors (Lipinski definition) is 2. The molecule has 3 rings (SSSR count). The van der Waals surface area contributed by atoms with Gasteiger partial charge in [-0.25, -0.2) is 0 Å². The van der Waals surface area contributed by atoms with Crippen LogP contribution in [-0.2, 0) is 16.1 Å². The van der Waals surface area contributed by atoms with E-state index in [4.69, 9.17) is 0 Å². The van der Waals surface area contributed by atoms with E-state index in [1.807, 2.05) is 25.2 Å². The number of carbonyl (C=O) groups excluding carboxylic acids is 1. The van der Waals surface area contributed by atoms with Crippen LogP contribution in [-0.4, -0.2) is 43.5 Å².